The highest BCUT2D eigenvalue weighted by atomic mass is 32.2. The van der Waals surface area contributed by atoms with Gasteiger partial charge in [0, 0.05) is 30.6 Å². The van der Waals surface area contributed by atoms with Crippen molar-refractivity contribution in [3.05, 3.63) is 18.3 Å². The number of pyridine rings is 1. The molecule has 0 radical (unpaired) electrons. The highest BCUT2D eigenvalue weighted by Gasteiger charge is 2.45. The zero-order chi connectivity index (χ0) is 23.8. The van der Waals surface area contributed by atoms with Crippen LogP contribution in [0.25, 0.3) is 0 Å². The Labute approximate surface area is 196 Å². The molecule has 0 N–H and O–H groups in total. The maximum Gasteiger partial charge on any atom is 0.410 e. The average Bonchev–Trinajstić information content (AvgIpc) is 2.99. The summed E-state index contributed by atoms with van der Waals surface area (Å²) in [6.45, 7) is 5.72. The van der Waals surface area contributed by atoms with Gasteiger partial charge in [0.1, 0.15) is 11.7 Å². The van der Waals surface area contributed by atoms with Crippen molar-refractivity contribution in [2.75, 3.05) is 6.26 Å². The number of sulfone groups is 1. The number of nitrogens with zero attached hydrogens (tertiary/aromatic N) is 2. The molecule has 4 rings (SSSR count). The van der Waals surface area contributed by atoms with Gasteiger partial charge >= 0.3 is 6.09 Å². The molecule has 1 aliphatic carbocycles. The van der Waals surface area contributed by atoms with E-state index in [1.165, 1.54) is 18.5 Å². The van der Waals surface area contributed by atoms with Gasteiger partial charge in [0.25, 0.3) is 0 Å². The Bertz CT molecular complexity index is 921. The van der Waals surface area contributed by atoms with Crippen LogP contribution in [0.5, 0.6) is 5.88 Å². The first-order valence-corrected chi connectivity index (χ1v) is 13.9. The topological polar surface area (TPSA) is 95.0 Å². The SMILES string of the molecule is CC(C)(C)OC(=O)N1[C@H]2CC[C@H]1CC(OC1CCC(Oc3ccc(S(C)(=O)=O)cn3)CC1)C2. The molecule has 2 bridgehead atoms. The Kier molecular flexibility index (Phi) is 6.92. The van der Waals surface area contributed by atoms with Crippen molar-refractivity contribution in [2.45, 2.75) is 113 Å². The number of ether oxygens (including phenoxy) is 3. The highest BCUT2D eigenvalue weighted by Crippen LogP contribution is 2.39. The number of amides is 1. The molecule has 0 aromatic carbocycles. The summed E-state index contributed by atoms with van der Waals surface area (Å²) in [6, 6.07) is 3.57. The number of carbonyl (C=O) groups excluding carboxylic acids is 1. The smallest absolute Gasteiger partial charge is 0.410 e. The normalized spacial score (nSPS) is 30.2. The summed E-state index contributed by atoms with van der Waals surface area (Å²) in [4.78, 5) is 18.9. The molecule has 1 aromatic heterocycles. The van der Waals surface area contributed by atoms with E-state index >= 15 is 0 Å². The largest absolute Gasteiger partial charge is 0.474 e. The summed E-state index contributed by atoms with van der Waals surface area (Å²) < 4.78 is 41.2. The van der Waals surface area contributed by atoms with Gasteiger partial charge in [-0.3, -0.25) is 0 Å². The highest BCUT2D eigenvalue weighted by molar-refractivity contribution is 7.90. The van der Waals surface area contributed by atoms with E-state index in [1.54, 1.807) is 6.07 Å². The van der Waals surface area contributed by atoms with E-state index in [9.17, 15) is 13.2 Å². The summed E-state index contributed by atoms with van der Waals surface area (Å²) >= 11 is 0. The summed E-state index contributed by atoms with van der Waals surface area (Å²) in [5, 5.41) is 0. The summed E-state index contributed by atoms with van der Waals surface area (Å²) in [5.41, 5.74) is -0.476. The fraction of sp³-hybridized carbons (Fsp3) is 0.750. The predicted octanol–water partition coefficient (Wildman–Crippen LogP) is 4.12. The molecule has 3 fully saturated rings. The number of hydrogen-bond acceptors (Lipinski definition) is 7. The molecule has 2 atom stereocenters. The Morgan fingerprint density at radius 1 is 0.970 bits per heavy atom. The lowest BCUT2D eigenvalue weighted by Crippen LogP contribution is -2.50. The van der Waals surface area contributed by atoms with E-state index in [-0.39, 0.29) is 41.4 Å². The first-order valence-electron chi connectivity index (χ1n) is 12.0. The molecule has 1 amide bonds. The van der Waals surface area contributed by atoms with Crippen LogP contribution in [-0.2, 0) is 19.3 Å². The quantitative estimate of drug-likeness (QED) is 0.625. The van der Waals surface area contributed by atoms with Gasteiger partial charge in [-0.1, -0.05) is 0 Å². The number of piperidine rings is 1. The monoisotopic (exact) mass is 480 g/mol. The molecular weight excluding hydrogens is 444 g/mol. The van der Waals surface area contributed by atoms with Crippen molar-refractivity contribution < 1.29 is 27.4 Å². The standard InChI is InChI=1S/C24H36N2O6S/c1-24(2,3)32-23(27)26-16-5-6-17(26)14-20(13-16)30-18-7-9-19(10-8-18)31-22-12-11-21(15-25-22)33(4,28)29/h11-12,15-20H,5-10,13-14H2,1-4H3/t16-,17-,18?,19?/m0/s1. The summed E-state index contributed by atoms with van der Waals surface area (Å²) in [6.07, 6.45) is 10.2. The third-order valence-corrected chi connectivity index (χ3v) is 7.82. The van der Waals surface area contributed by atoms with Gasteiger partial charge in [0.2, 0.25) is 5.88 Å². The summed E-state index contributed by atoms with van der Waals surface area (Å²) in [5.74, 6) is 0.456. The average molecular weight is 481 g/mol. The Balaban J connectivity index is 1.23. The number of rotatable bonds is 5. The number of fused-ring (bicyclic) bond motifs is 2. The van der Waals surface area contributed by atoms with Crippen molar-refractivity contribution in [3.8, 4) is 5.88 Å². The third-order valence-electron chi connectivity index (χ3n) is 6.73. The molecule has 2 saturated heterocycles. The van der Waals surface area contributed by atoms with Gasteiger partial charge < -0.3 is 19.1 Å². The Morgan fingerprint density at radius 2 is 1.58 bits per heavy atom. The molecule has 2 aliphatic heterocycles. The van der Waals surface area contributed by atoms with Crippen LogP contribution >= 0.6 is 0 Å². The van der Waals surface area contributed by atoms with E-state index in [1.807, 2.05) is 25.7 Å². The van der Waals surface area contributed by atoms with Gasteiger partial charge in [-0.25, -0.2) is 18.2 Å². The first kappa shape index (κ1) is 24.3. The molecule has 0 spiro atoms. The second-order valence-electron chi connectivity index (χ2n) is 10.6. The van der Waals surface area contributed by atoms with E-state index in [0.29, 0.717) is 5.88 Å². The number of carbonyl (C=O) groups is 1. The van der Waals surface area contributed by atoms with Crippen molar-refractivity contribution in [1.82, 2.24) is 9.88 Å². The molecule has 0 unspecified atom stereocenters. The number of aromatic nitrogens is 1. The molecule has 9 heteroatoms. The van der Waals surface area contributed by atoms with Crippen LogP contribution in [0.1, 0.15) is 72.1 Å². The summed E-state index contributed by atoms with van der Waals surface area (Å²) in [7, 11) is -3.26. The lowest BCUT2D eigenvalue weighted by atomic mass is 9.93. The van der Waals surface area contributed by atoms with E-state index in [0.717, 1.165) is 51.4 Å². The van der Waals surface area contributed by atoms with Gasteiger partial charge in [-0.05, 0) is 78.2 Å². The van der Waals surface area contributed by atoms with Crippen LogP contribution in [0.15, 0.2) is 23.2 Å². The third kappa shape index (κ3) is 6.18. The minimum absolute atomic E-state index is 0.0617. The van der Waals surface area contributed by atoms with Gasteiger partial charge in [-0.2, -0.15) is 0 Å². The Hall–Kier alpha value is -1.87. The lowest BCUT2D eigenvalue weighted by molar-refractivity contribution is -0.0814. The van der Waals surface area contributed by atoms with Crippen molar-refractivity contribution >= 4 is 15.9 Å². The molecule has 1 aromatic rings. The second kappa shape index (κ2) is 9.41. The molecular formula is C24H36N2O6S. The predicted molar refractivity (Wildman–Crippen MR) is 123 cm³/mol. The van der Waals surface area contributed by atoms with E-state index < -0.39 is 15.4 Å². The van der Waals surface area contributed by atoms with Gasteiger partial charge in [0.05, 0.1) is 17.1 Å². The molecule has 1 saturated carbocycles. The molecule has 33 heavy (non-hydrogen) atoms. The second-order valence-corrected chi connectivity index (χ2v) is 12.6. The molecule has 3 heterocycles. The lowest BCUT2D eigenvalue weighted by Gasteiger charge is -2.41. The maximum atomic E-state index is 12.6. The molecule has 8 nitrogen and oxygen atoms in total. The van der Waals surface area contributed by atoms with Crippen LogP contribution in [0.2, 0.25) is 0 Å². The first-order chi connectivity index (χ1) is 15.5. The van der Waals surface area contributed by atoms with Gasteiger partial charge in [-0.15, -0.1) is 0 Å². The fourth-order valence-electron chi connectivity index (χ4n) is 5.24. The van der Waals surface area contributed by atoms with E-state index in [2.05, 4.69) is 4.98 Å². The van der Waals surface area contributed by atoms with Crippen molar-refractivity contribution in [2.24, 2.45) is 0 Å². The molecule has 184 valence electrons. The minimum Gasteiger partial charge on any atom is -0.474 e. The maximum absolute atomic E-state index is 12.6. The zero-order valence-corrected chi connectivity index (χ0v) is 20.8. The number of hydrogen-bond donors (Lipinski definition) is 0. The van der Waals surface area contributed by atoms with Crippen LogP contribution in [-0.4, -0.2) is 66.6 Å². The van der Waals surface area contributed by atoms with Crippen LogP contribution in [0.3, 0.4) is 0 Å². The van der Waals surface area contributed by atoms with Gasteiger partial charge in [0.15, 0.2) is 9.84 Å². The van der Waals surface area contributed by atoms with Crippen LogP contribution in [0, 0.1) is 0 Å². The van der Waals surface area contributed by atoms with Crippen LogP contribution in [0.4, 0.5) is 4.79 Å². The Morgan fingerprint density at radius 3 is 2.09 bits per heavy atom. The molecule has 3 aliphatic rings. The van der Waals surface area contributed by atoms with Crippen LogP contribution < -0.4 is 4.74 Å². The van der Waals surface area contributed by atoms with Crippen molar-refractivity contribution in [3.63, 3.8) is 0 Å². The zero-order valence-electron chi connectivity index (χ0n) is 20.0. The van der Waals surface area contributed by atoms with Crippen molar-refractivity contribution in [1.29, 1.82) is 0 Å². The minimum atomic E-state index is -3.26. The van der Waals surface area contributed by atoms with E-state index in [4.69, 9.17) is 14.2 Å². The fourth-order valence-corrected chi connectivity index (χ4v) is 5.80.